The van der Waals surface area contributed by atoms with Crippen LogP contribution in [0.4, 0.5) is 0 Å². The number of hydrogen-bond donors (Lipinski definition) is 0. The monoisotopic (exact) mass is 381 g/mol. The van der Waals surface area contributed by atoms with E-state index in [1.807, 2.05) is 49.4 Å². The summed E-state index contributed by atoms with van der Waals surface area (Å²) in [4.78, 5) is 25.6. The molecule has 146 valence electrons. The van der Waals surface area contributed by atoms with Gasteiger partial charge in [-0.1, -0.05) is 35.9 Å². The Hall–Kier alpha value is -3.28. The number of nitrogens with zero attached hydrogens (tertiary/aromatic N) is 1. The number of ether oxygens (including phenoxy) is 3. The standard InChI is InChI=1S/C22H23NO5/c1-16-4-3-5-17(12-16)7-9-22(25)28-15-21(24)23(2)14-18-6-8-19-20(13-18)27-11-10-26-19/h3-9,12-13H,10-11,14-15H2,1-2H3/b9-7+. The first-order valence-corrected chi connectivity index (χ1v) is 9.05. The van der Waals surface area contributed by atoms with Gasteiger partial charge in [0.2, 0.25) is 0 Å². The summed E-state index contributed by atoms with van der Waals surface area (Å²) < 4.78 is 16.1. The molecule has 1 aliphatic heterocycles. The molecule has 0 aromatic heterocycles. The Morgan fingerprint density at radius 1 is 1.11 bits per heavy atom. The number of likely N-dealkylation sites (N-methyl/N-ethyl adjacent to an activating group) is 1. The minimum Gasteiger partial charge on any atom is -0.486 e. The summed E-state index contributed by atoms with van der Waals surface area (Å²) in [5.74, 6) is 0.547. The third kappa shape index (κ3) is 5.36. The van der Waals surface area contributed by atoms with Gasteiger partial charge >= 0.3 is 5.97 Å². The van der Waals surface area contributed by atoms with Crippen molar-refractivity contribution in [2.45, 2.75) is 13.5 Å². The molecule has 2 aromatic carbocycles. The molecule has 0 saturated carbocycles. The zero-order valence-electron chi connectivity index (χ0n) is 16.0. The summed E-state index contributed by atoms with van der Waals surface area (Å²) in [6, 6.07) is 13.3. The van der Waals surface area contributed by atoms with Gasteiger partial charge in [0.1, 0.15) is 13.2 Å². The van der Waals surface area contributed by atoms with Crippen LogP contribution in [0.15, 0.2) is 48.5 Å². The van der Waals surface area contributed by atoms with Gasteiger partial charge in [0.05, 0.1) is 0 Å². The number of aryl methyl sites for hydroxylation is 1. The fraction of sp³-hybridized carbons (Fsp3) is 0.273. The quantitative estimate of drug-likeness (QED) is 0.569. The zero-order valence-corrected chi connectivity index (χ0v) is 16.0. The van der Waals surface area contributed by atoms with E-state index < -0.39 is 5.97 Å². The van der Waals surface area contributed by atoms with E-state index in [9.17, 15) is 9.59 Å². The lowest BCUT2D eigenvalue weighted by Crippen LogP contribution is -2.30. The molecular formula is C22H23NO5. The summed E-state index contributed by atoms with van der Waals surface area (Å²) in [6.45, 7) is 3.10. The van der Waals surface area contributed by atoms with Crippen LogP contribution in [0.3, 0.4) is 0 Å². The van der Waals surface area contributed by atoms with E-state index in [0.29, 0.717) is 31.3 Å². The van der Waals surface area contributed by atoms with Crippen LogP contribution in [0, 0.1) is 6.92 Å². The molecule has 6 heteroatoms. The number of hydrogen-bond acceptors (Lipinski definition) is 5. The molecule has 0 bridgehead atoms. The molecule has 2 aromatic rings. The highest BCUT2D eigenvalue weighted by molar-refractivity contribution is 5.89. The first-order valence-electron chi connectivity index (χ1n) is 9.05. The van der Waals surface area contributed by atoms with Gasteiger partial charge in [0, 0.05) is 19.7 Å². The predicted octanol–water partition coefficient (Wildman–Crippen LogP) is 2.98. The zero-order chi connectivity index (χ0) is 19.9. The molecule has 28 heavy (non-hydrogen) atoms. The average Bonchev–Trinajstić information content (AvgIpc) is 2.70. The topological polar surface area (TPSA) is 65.1 Å². The molecule has 0 atom stereocenters. The van der Waals surface area contributed by atoms with Crippen LogP contribution in [-0.2, 0) is 20.9 Å². The van der Waals surface area contributed by atoms with Crippen LogP contribution in [0.25, 0.3) is 6.08 Å². The lowest BCUT2D eigenvalue weighted by atomic mass is 10.1. The molecule has 3 rings (SSSR count). The fourth-order valence-corrected chi connectivity index (χ4v) is 2.78. The van der Waals surface area contributed by atoms with E-state index in [2.05, 4.69) is 0 Å². The van der Waals surface area contributed by atoms with Gasteiger partial charge in [-0.15, -0.1) is 0 Å². The van der Waals surface area contributed by atoms with E-state index in [0.717, 1.165) is 16.7 Å². The van der Waals surface area contributed by atoms with Crippen LogP contribution < -0.4 is 9.47 Å². The second-order valence-corrected chi connectivity index (χ2v) is 6.58. The number of benzene rings is 2. The maximum absolute atomic E-state index is 12.2. The Kier molecular flexibility index (Phi) is 6.32. The first-order chi connectivity index (χ1) is 13.5. The second kappa shape index (κ2) is 9.08. The van der Waals surface area contributed by atoms with Crippen molar-refractivity contribution >= 4 is 18.0 Å². The Bertz CT molecular complexity index is 890. The van der Waals surface area contributed by atoms with E-state index in [1.54, 1.807) is 13.1 Å². The molecule has 0 unspecified atom stereocenters. The van der Waals surface area contributed by atoms with Gasteiger partial charge in [-0.25, -0.2) is 4.79 Å². The Labute approximate surface area is 164 Å². The van der Waals surface area contributed by atoms with Crippen molar-refractivity contribution in [2.75, 3.05) is 26.9 Å². The number of amides is 1. The fourth-order valence-electron chi connectivity index (χ4n) is 2.78. The van der Waals surface area contributed by atoms with Gasteiger partial charge in [0.25, 0.3) is 5.91 Å². The van der Waals surface area contributed by atoms with Gasteiger partial charge in [-0.2, -0.15) is 0 Å². The Balaban J connectivity index is 1.48. The summed E-state index contributed by atoms with van der Waals surface area (Å²) in [5, 5.41) is 0. The summed E-state index contributed by atoms with van der Waals surface area (Å²) >= 11 is 0. The van der Waals surface area contributed by atoms with Crippen molar-refractivity contribution in [1.82, 2.24) is 4.90 Å². The molecule has 6 nitrogen and oxygen atoms in total. The van der Waals surface area contributed by atoms with Crippen LogP contribution in [0.5, 0.6) is 11.5 Å². The highest BCUT2D eigenvalue weighted by Crippen LogP contribution is 2.31. The smallest absolute Gasteiger partial charge is 0.331 e. The highest BCUT2D eigenvalue weighted by Gasteiger charge is 2.15. The molecule has 0 saturated heterocycles. The van der Waals surface area contributed by atoms with E-state index in [-0.39, 0.29) is 12.5 Å². The van der Waals surface area contributed by atoms with Crippen molar-refractivity contribution in [3.8, 4) is 11.5 Å². The minimum atomic E-state index is -0.553. The number of esters is 1. The summed E-state index contributed by atoms with van der Waals surface area (Å²) in [6.07, 6.45) is 2.99. The van der Waals surface area contributed by atoms with Crippen LogP contribution in [0.2, 0.25) is 0 Å². The molecule has 1 aliphatic rings. The lowest BCUT2D eigenvalue weighted by molar-refractivity contribution is -0.147. The lowest BCUT2D eigenvalue weighted by Gasteiger charge is -2.21. The number of fused-ring (bicyclic) bond motifs is 1. The molecule has 0 spiro atoms. The van der Waals surface area contributed by atoms with Gasteiger partial charge < -0.3 is 19.1 Å². The maximum atomic E-state index is 12.2. The summed E-state index contributed by atoms with van der Waals surface area (Å²) in [7, 11) is 1.66. The Morgan fingerprint density at radius 3 is 2.68 bits per heavy atom. The van der Waals surface area contributed by atoms with Crippen LogP contribution >= 0.6 is 0 Å². The molecule has 1 amide bonds. The normalized spacial score (nSPS) is 12.6. The third-order valence-corrected chi connectivity index (χ3v) is 4.24. The predicted molar refractivity (Wildman–Crippen MR) is 105 cm³/mol. The van der Waals surface area contributed by atoms with Crippen LogP contribution in [-0.4, -0.2) is 43.6 Å². The number of carbonyl (C=O) groups excluding carboxylic acids is 2. The molecule has 0 aliphatic carbocycles. The van der Waals surface area contributed by atoms with Crippen molar-refractivity contribution in [2.24, 2.45) is 0 Å². The highest BCUT2D eigenvalue weighted by atomic mass is 16.6. The minimum absolute atomic E-state index is 0.285. The van der Waals surface area contributed by atoms with E-state index in [1.165, 1.54) is 11.0 Å². The SMILES string of the molecule is Cc1cccc(/C=C/C(=O)OCC(=O)N(C)Cc2ccc3c(c2)OCCO3)c1. The van der Waals surface area contributed by atoms with Crippen molar-refractivity contribution in [3.63, 3.8) is 0 Å². The molecule has 1 heterocycles. The average molecular weight is 381 g/mol. The molecular weight excluding hydrogens is 358 g/mol. The van der Waals surface area contributed by atoms with E-state index >= 15 is 0 Å². The first kappa shape index (κ1) is 19.5. The molecule has 0 fully saturated rings. The molecule has 0 N–H and O–H groups in total. The maximum Gasteiger partial charge on any atom is 0.331 e. The molecule has 0 radical (unpaired) electrons. The van der Waals surface area contributed by atoms with Gasteiger partial charge in [-0.05, 0) is 36.3 Å². The van der Waals surface area contributed by atoms with Gasteiger partial charge in [0.15, 0.2) is 18.1 Å². The third-order valence-electron chi connectivity index (χ3n) is 4.24. The van der Waals surface area contributed by atoms with Crippen molar-refractivity contribution in [1.29, 1.82) is 0 Å². The van der Waals surface area contributed by atoms with Crippen molar-refractivity contribution in [3.05, 3.63) is 65.2 Å². The largest absolute Gasteiger partial charge is 0.486 e. The Morgan fingerprint density at radius 2 is 1.89 bits per heavy atom. The van der Waals surface area contributed by atoms with E-state index in [4.69, 9.17) is 14.2 Å². The summed E-state index contributed by atoms with van der Waals surface area (Å²) in [5.41, 5.74) is 2.91. The number of carbonyl (C=O) groups is 2. The van der Waals surface area contributed by atoms with Crippen molar-refractivity contribution < 1.29 is 23.8 Å². The van der Waals surface area contributed by atoms with Gasteiger partial charge in [-0.3, -0.25) is 4.79 Å². The number of rotatable bonds is 6. The second-order valence-electron chi connectivity index (χ2n) is 6.58. The van der Waals surface area contributed by atoms with Crippen LogP contribution in [0.1, 0.15) is 16.7 Å².